The zero-order chi connectivity index (χ0) is 9.14. The maximum Gasteiger partial charge on any atom is 0.170 e. The van der Waals surface area contributed by atoms with Gasteiger partial charge in [0.25, 0.3) is 0 Å². The first-order valence-corrected chi connectivity index (χ1v) is 3.59. The van der Waals surface area contributed by atoms with Crippen LogP contribution in [0.3, 0.4) is 0 Å². The van der Waals surface area contributed by atoms with Gasteiger partial charge in [0, 0.05) is 18.8 Å². The summed E-state index contributed by atoms with van der Waals surface area (Å²) in [5, 5.41) is 0. The number of nitrogens with zero attached hydrogens (tertiary/aromatic N) is 3. The Kier molecular flexibility index (Phi) is 2.48. The van der Waals surface area contributed by atoms with E-state index in [2.05, 4.69) is 16.5 Å². The second-order valence-corrected chi connectivity index (χ2v) is 2.53. The molecular weight excluding hydrogens is 149 g/mol. The Morgan fingerprint density at radius 3 is 2.92 bits per heavy atom. The molecule has 2 radical (unpaired) electrons. The van der Waals surface area contributed by atoms with Crippen LogP contribution in [0.15, 0.2) is 19.0 Å². The second-order valence-electron chi connectivity index (χ2n) is 2.53. The molecule has 0 aliphatic carbocycles. The van der Waals surface area contributed by atoms with Crippen molar-refractivity contribution in [1.82, 2.24) is 9.97 Å². The van der Waals surface area contributed by atoms with Gasteiger partial charge in [-0.15, -0.1) is 0 Å². The Labute approximate surface area is 73.6 Å². The third-order valence-electron chi connectivity index (χ3n) is 1.57. The average molecular weight is 159 g/mol. The third-order valence-corrected chi connectivity index (χ3v) is 1.57. The number of anilines is 1. The van der Waals surface area contributed by atoms with Crippen LogP contribution in [0, 0.1) is 6.92 Å². The third kappa shape index (κ3) is 1.64. The summed E-state index contributed by atoms with van der Waals surface area (Å²) in [6.07, 6.45) is 3.37. The molecule has 0 spiro atoms. The molecule has 12 heavy (non-hydrogen) atoms. The molecule has 0 fully saturated rings. The summed E-state index contributed by atoms with van der Waals surface area (Å²) in [7, 11) is 7.30. The van der Waals surface area contributed by atoms with Crippen molar-refractivity contribution in [2.45, 2.75) is 6.92 Å². The molecular formula is C8H10BN3. The Hall–Kier alpha value is -1.32. The SMILES string of the molecule is [B]c1ncc(C)c(N(C)C=C)n1. The van der Waals surface area contributed by atoms with Gasteiger partial charge in [0.1, 0.15) is 5.82 Å². The summed E-state index contributed by atoms with van der Waals surface area (Å²) in [4.78, 5) is 9.73. The van der Waals surface area contributed by atoms with E-state index in [0.29, 0.717) is 0 Å². The standard InChI is InChI=1S/C8H10BN3/c1-4-12(3)7-6(2)5-10-8(9)11-7/h4-5H,1H2,2-3H3. The number of hydrogen-bond acceptors (Lipinski definition) is 3. The maximum atomic E-state index is 5.44. The largest absolute Gasteiger partial charge is 0.336 e. The zero-order valence-electron chi connectivity index (χ0n) is 7.28. The average Bonchev–Trinajstić information content (AvgIpc) is 2.08. The van der Waals surface area contributed by atoms with Crippen molar-refractivity contribution < 1.29 is 0 Å². The van der Waals surface area contributed by atoms with E-state index in [0.717, 1.165) is 11.4 Å². The van der Waals surface area contributed by atoms with E-state index in [1.54, 1.807) is 17.3 Å². The zero-order valence-corrected chi connectivity index (χ0v) is 7.28. The molecule has 0 unspecified atom stereocenters. The molecule has 1 aromatic heterocycles. The van der Waals surface area contributed by atoms with E-state index in [9.17, 15) is 0 Å². The van der Waals surface area contributed by atoms with Crippen molar-refractivity contribution in [3.05, 3.63) is 24.5 Å². The van der Waals surface area contributed by atoms with Crippen molar-refractivity contribution in [3.63, 3.8) is 0 Å². The predicted molar refractivity (Wildman–Crippen MR) is 50.8 cm³/mol. The van der Waals surface area contributed by atoms with Crippen molar-refractivity contribution in [1.29, 1.82) is 0 Å². The van der Waals surface area contributed by atoms with Crippen LogP contribution < -0.4 is 10.6 Å². The van der Waals surface area contributed by atoms with Gasteiger partial charge < -0.3 is 4.90 Å². The van der Waals surface area contributed by atoms with Crippen LogP contribution >= 0.6 is 0 Å². The monoisotopic (exact) mass is 159 g/mol. The lowest BCUT2D eigenvalue weighted by Gasteiger charge is -2.14. The Morgan fingerprint density at radius 1 is 1.67 bits per heavy atom. The van der Waals surface area contributed by atoms with Gasteiger partial charge in [-0.1, -0.05) is 6.58 Å². The summed E-state index contributed by atoms with van der Waals surface area (Å²) in [5.74, 6) is 0.789. The second kappa shape index (κ2) is 3.39. The van der Waals surface area contributed by atoms with Crippen molar-refractivity contribution in [2.75, 3.05) is 11.9 Å². The molecule has 3 nitrogen and oxygen atoms in total. The van der Waals surface area contributed by atoms with E-state index in [1.165, 1.54) is 0 Å². The van der Waals surface area contributed by atoms with Gasteiger partial charge in [0.05, 0.1) is 5.72 Å². The highest BCUT2D eigenvalue weighted by Crippen LogP contribution is 2.11. The van der Waals surface area contributed by atoms with Crippen LogP contribution in [0.2, 0.25) is 0 Å². The van der Waals surface area contributed by atoms with Crippen LogP contribution in [-0.4, -0.2) is 24.9 Å². The number of aromatic nitrogens is 2. The number of rotatable bonds is 2. The van der Waals surface area contributed by atoms with Gasteiger partial charge in [-0.05, 0) is 13.1 Å². The summed E-state index contributed by atoms with van der Waals surface area (Å²) in [6, 6.07) is 0. The summed E-state index contributed by atoms with van der Waals surface area (Å²) in [6.45, 7) is 5.56. The van der Waals surface area contributed by atoms with Crippen molar-refractivity contribution in [3.8, 4) is 0 Å². The first-order valence-electron chi connectivity index (χ1n) is 3.59. The van der Waals surface area contributed by atoms with Crippen molar-refractivity contribution >= 4 is 19.4 Å². The lowest BCUT2D eigenvalue weighted by atomic mass is 10.1. The Morgan fingerprint density at radius 2 is 2.33 bits per heavy atom. The van der Waals surface area contributed by atoms with Gasteiger partial charge in [-0.25, -0.2) is 4.98 Å². The highest BCUT2D eigenvalue weighted by atomic mass is 15.2. The Balaban J connectivity index is 3.12. The van der Waals surface area contributed by atoms with Crippen LogP contribution in [0.4, 0.5) is 5.82 Å². The van der Waals surface area contributed by atoms with E-state index in [4.69, 9.17) is 7.85 Å². The fraction of sp³-hybridized carbons (Fsp3) is 0.250. The highest BCUT2D eigenvalue weighted by molar-refractivity contribution is 6.29. The van der Waals surface area contributed by atoms with Gasteiger partial charge in [0.2, 0.25) is 0 Å². The molecule has 0 aliphatic heterocycles. The lowest BCUT2D eigenvalue weighted by Crippen LogP contribution is -2.20. The quantitative estimate of drug-likeness (QED) is 0.575. The number of aryl methyl sites for hydroxylation is 1. The molecule has 0 atom stereocenters. The minimum absolute atomic E-state index is 0.282. The van der Waals surface area contributed by atoms with Crippen LogP contribution in [0.5, 0.6) is 0 Å². The van der Waals surface area contributed by atoms with E-state index >= 15 is 0 Å². The molecule has 1 heterocycles. The van der Waals surface area contributed by atoms with E-state index in [-0.39, 0.29) is 5.72 Å². The molecule has 0 saturated heterocycles. The van der Waals surface area contributed by atoms with Gasteiger partial charge in [0.15, 0.2) is 7.85 Å². The molecule has 0 N–H and O–H groups in total. The summed E-state index contributed by atoms with van der Waals surface area (Å²) >= 11 is 0. The van der Waals surface area contributed by atoms with Crippen LogP contribution in [-0.2, 0) is 0 Å². The fourth-order valence-corrected chi connectivity index (χ4v) is 0.890. The molecule has 1 rings (SSSR count). The maximum absolute atomic E-state index is 5.44. The van der Waals surface area contributed by atoms with Gasteiger partial charge >= 0.3 is 0 Å². The molecule has 0 aliphatic rings. The van der Waals surface area contributed by atoms with E-state index < -0.39 is 0 Å². The smallest absolute Gasteiger partial charge is 0.170 e. The van der Waals surface area contributed by atoms with E-state index in [1.807, 2.05) is 14.0 Å². The summed E-state index contributed by atoms with van der Waals surface area (Å²) < 4.78 is 0. The predicted octanol–water partition coefficient (Wildman–Crippen LogP) is 0.159. The van der Waals surface area contributed by atoms with Gasteiger partial charge in [-0.2, -0.15) is 0 Å². The molecule has 0 saturated carbocycles. The lowest BCUT2D eigenvalue weighted by molar-refractivity contribution is 1.08. The highest BCUT2D eigenvalue weighted by Gasteiger charge is 2.02. The normalized spacial score (nSPS) is 9.50. The van der Waals surface area contributed by atoms with Crippen LogP contribution in [0.1, 0.15) is 5.56 Å². The molecule has 0 amide bonds. The van der Waals surface area contributed by atoms with Crippen LogP contribution in [0.25, 0.3) is 0 Å². The minimum Gasteiger partial charge on any atom is -0.336 e. The minimum atomic E-state index is 0.282. The first kappa shape index (κ1) is 8.78. The molecule has 4 heteroatoms. The number of hydrogen-bond donors (Lipinski definition) is 0. The molecule has 0 bridgehead atoms. The first-order chi connectivity index (χ1) is 5.65. The van der Waals surface area contributed by atoms with Crippen molar-refractivity contribution in [2.24, 2.45) is 0 Å². The van der Waals surface area contributed by atoms with Gasteiger partial charge in [-0.3, -0.25) is 4.98 Å². The summed E-state index contributed by atoms with van der Waals surface area (Å²) in [5.41, 5.74) is 1.26. The Bertz CT molecular complexity index is 298. The fourth-order valence-electron chi connectivity index (χ4n) is 0.890. The molecule has 0 aromatic carbocycles. The topological polar surface area (TPSA) is 29.0 Å². The molecule has 60 valence electrons. The molecule has 1 aromatic rings.